The fourth-order valence-electron chi connectivity index (χ4n) is 6.07. The normalized spacial score (nSPS) is 12.6. The van der Waals surface area contributed by atoms with Crippen LogP contribution in [0.2, 0.25) is 0 Å². The molecular formula is C41H57F6N7O7S. The third-order valence-corrected chi connectivity index (χ3v) is 9.57. The maximum atomic E-state index is 15.1. The number of nitrogens with one attached hydrogen (secondary N) is 3. The number of halogens is 6. The number of aromatic nitrogens is 1. The largest absolute Gasteiger partial charge is 0.480 e. The van der Waals surface area contributed by atoms with Crippen LogP contribution in [0.15, 0.2) is 60.8 Å². The molecule has 21 heteroatoms. The monoisotopic (exact) mass is 905 g/mol. The number of carbonyl (C=O) groups is 5. The topological polar surface area (TPSA) is 222 Å². The summed E-state index contributed by atoms with van der Waals surface area (Å²) in [7, 11) is 0. The zero-order valence-corrected chi connectivity index (χ0v) is 36.1. The number of hydrogen-bond donors (Lipinski definition) is 7. The molecule has 3 aromatic rings. The molecule has 0 spiro atoms. The number of rotatable bonds is 20. The highest BCUT2D eigenvalue weighted by Gasteiger charge is 2.37. The molecule has 4 amide bonds. The first kappa shape index (κ1) is 54.7. The van der Waals surface area contributed by atoms with Crippen molar-refractivity contribution in [3.63, 3.8) is 0 Å². The van der Waals surface area contributed by atoms with Gasteiger partial charge in [0.2, 0.25) is 17.7 Å². The third kappa shape index (κ3) is 21.0. The molecule has 2 aromatic carbocycles. The molecule has 3 atom stereocenters. The summed E-state index contributed by atoms with van der Waals surface area (Å²) in [4.78, 5) is 61.7. The molecule has 0 fully saturated rings. The van der Waals surface area contributed by atoms with Crippen LogP contribution in [0.3, 0.4) is 0 Å². The number of benzene rings is 2. The predicted molar refractivity (Wildman–Crippen MR) is 224 cm³/mol. The minimum atomic E-state index is -4.00. The SMILES string of the molecule is CC(=O)NC(CCCCN)C(=O)NC(CSCC(=O)N(CCCN)C(c1cc(-c2cc(F)ccc2F)cn1Cc1ccccc1)C(C)(C)C)C(=O)O.CC(F)(F)F.O=C(O)NF. The molecule has 0 aliphatic rings. The molecule has 0 aliphatic carbocycles. The van der Waals surface area contributed by atoms with Gasteiger partial charge in [-0.1, -0.05) is 55.6 Å². The highest BCUT2D eigenvalue weighted by molar-refractivity contribution is 8.00. The first-order valence-corrected chi connectivity index (χ1v) is 20.5. The number of carbonyl (C=O) groups excluding carboxylic acids is 3. The molecule has 14 nitrogen and oxygen atoms in total. The van der Waals surface area contributed by atoms with Crippen LogP contribution in [0, 0.1) is 17.0 Å². The van der Waals surface area contributed by atoms with Crippen molar-refractivity contribution in [2.75, 3.05) is 31.1 Å². The summed E-state index contributed by atoms with van der Waals surface area (Å²) in [6, 6.07) is 12.0. The Morgan fingerprint density at radius 2 is 1.47 bits per heavy atom. The summed E-state index contributed by atoms with van der Waals surface area (Å²) in [5, 5.41) is 22.2. The molecule has 346 valence electrons. The molecular weight excluding hydrogens is 849 g/mol. The van der Waals surface area contributed by atoms with E-state index in [2.05, 4.69) is 10.6 Å². The van der Waals surface area contributed by atoms with Gasteiger partial charge in [0.25, 0.3) is 0 Å². The van der Waals surface area contributed by atoms with Crippen molar-refractivity contribution >= 4 is 41.5 Å². The van der Waals surface area contributed by atoms with E-state index in [1.165, 1.54) is 6.92 Å². The van der Waals surface area contributed by atoms with E-state index in [0.717, 1.165) is 35.5 Å². The zero-order valence-electron chi connectivity index (χ0n) is 35.2. The number of nitrogens with two attached hydrogens (primary N) is 2. The number of alkyl halides is 3. The second-order valence-electron chi connectivity index (χ2n) is 15.0. The Morgan fingerprint density at radius 1 is 0.871 bits per heavy atom. The van der Waals surface area contributed by atoms with E-state index in [1.54, 1.807) is 17.2 Å². The van der Waals surface area contributed by atoms with Crippen molar-refractivity contribution < 1.29 is 60.6 Å². The molecule has 0 aliphatic heterocycles. The lowest BCUT2D eigenvalue weighted by molar-refractivity contribution is -0.141. The van der Waals surface area contributed by atoms with Crippen molar-refractivity contribution in [3.8, 4) is 11.1 Å². The molecule has 3 unspecified atom stereocenters. The van der Waals surface area contributed by atoms with E-state index < -0.39 is 65.2 Å². The van der Waals surface area contributed by atoms with Gasteiger partial charge in [0, 0.05) is 55.7 Å². The highest BCUT2D eigenvalue weighted by Crippen LogP contribution is 2.41. The Balaban J connectivity index is 0.00000172. The lowest BCUT2D eigenvalue weighted by atomic mass is 9.83. The summed E-state index contributed by atoms with van der Waals surface area (Å²) in [5.74, 6) is -3.98. The van der Waals surface area contributed by atoms with Gasteiger partial charge in [-0.15, -0.1) is 11.8 Å². The Morgan fingerprint density at radius 3 is 1.98 bits per heavy atom. The number of hydrogen-bond acceptors (Lipinski definition) is 8. The van der Waals surface area contributed by atoms with Gasteiger partial charge < -0.3 is 41.8 Å². The first-order valence-electron chi connectivity index (χ1n) is 19.4. The van der Waals surface area contributed by atoms with Crippen molar-refractivity contribution in [3.05, 3.63) is 83.7 Å². The quantitative estimate of drug-likeness (QED) is 0.0376. The molecule has 0 saturated heterocycles. The molecule has 1 aromatic heterocycles. The summed E-state index contributed by atoms with van der Waals surface area (Å²) < 4.78 is 72.7. The lowest BCUT2D eigenvalue weighted by Crippen LogP contribution is -2.52. The maximum absolute atomic E-state index is 15.1. The molecule has 3 rings (SSSR count). The first-order chi connectivity index (χ1) is 28.9. The lowest BCUT2D eigenvalue weighted by Gasteiger charge is -2.41. The Kier molecular flexibility index (Phi) is 23.8. The Bertz CT molecular complexity index is 1870. The number of thioether (sulfide) groups is 1. The number of amides is 4. The van der Waals surface area contributed by atoms with E-state index in [4.69, 9.17) is 21.4 Å². The second-order valence-corrected chi connectivity index (χ2v) is 16.1. The molecule has 0 bridgehead atoms. The Labute approximate surface area is 361 Å². The van der Waals surface area contributed by atoms with E-state index >= 15 is 4.39 Å². The van der Waals surface area contributed by atoms with E-state index in [0.29, 0.717) is 62.1 Å². The van der Waals surface area contributed by atoms with Crippen LogP contribution >= 0.6 is 11.8 Å². The summed E-state index contributed by atoms with van der Waals surface area (Å²) in [6.45, 7) is 8.86. The summed E-state index contributed by atoms with van der Waals surface area (Å²) in [5.41, 5.74) is 13.6. The molecule has 62 heavy (non-hydrogen) atoms. The van der Waals surface area contributed by atoms with Crippen molar-refractivity contribution in [2.24, 2.45) is 16.9 Å². The molecule has 1 heterocycles. The number of aliphatic carboxylic acids is 1. The summed E-state index contributed by atoms with van der Waals surface area (Å²) >= 11 is 1.06. The van der Waals surface area contributed by atoms with Crippen molar-refractivity contribution in [1.29, 1.82) is 0 Å². The minimum absolute atomic E-state index is 0.0954. The van der Waals surface area contributed by atoms with Gasteiger partial charge in [-0.05, 0) is 74.0 Å². The van der Waals surface area contributed by atoms with Crippen LogP contribution in [0.5, 0.6) is 0 Å². The smallest absolute Gasteiger partial charge is 0.433 e. The van der Waals surface area contributed by atoms with Crippen molar-refractivity contribution in [2.45, 2.75) is 91.1 Å². The third-order valence-electron chi connectivity index (χ3n) is 8.55. The van der Waals surface area contributed by atoms with Crippen LogP contribution in [0.25, 0.3) is 11.1 Å². The minimum Gasteiger partial charge on any atom is -0.480 e. The van der Waals surface area contributed by atoms with Crippen LogP contribution in [-0.2, 0) is 25.7 Å². The van der Waals surface area contributed by atoms with Gasteiger partial charge in [-0.25, -0.2) is 18.4 Å². The van der Waals surface area contributed by atoms with Gasteiger partial charge in [0.1, 0.15) is 23.7 Å². The fourth-order valence-corrected chi connectivity index (χ4v) is 6.99. The number of carboxylic acid groups (broad SMARTS) is 2. The number of carboxylic acids is 1. The fraction of sp³-hybridized carbons (Fsp3) is 0.488. The standard InChI is InChI=1S/C38H52F2N6O5S.C2H3F3.CH2FNO2/c1-25(47)43-31(13-8-9-16-41)36(49)44-32(37(50)51)23-52-24-34(48)46(18-10-17-42)35(38(2,3)4)33-19-27(29-20-28(39)14-15-30(29)40)22-45(33)21-26-11-6-5-7-12-26;1-2(3,4)5;2-3-1(4)5/h5-7,11-12,14-15,19-20,22,31-32,35H,8-10,13,16-18,21,23-24,41-42H2,1-4H3,(H,43,47)(H,44,49)(H,50,51);1H3;3H,(H,4,5). The average Bonchev–Trinajstić information content (AvgIpc) is 3.57. The van der Waals surface area contributed by atoms with Crippen LogP contribution in [0.1, 0.15) is 77.6 Å². The van der Waals surface area contributed by atoms with Crippen LogP contribution in [0.4, 0.5) is 31.2 Å². The zero-order chi connectivity index (χ0) is 47.2. The van der Waals surface area contributed by atoms with Gasteiger partial charge in [0.15, 0.2) is 0 Å². The van der Waals surface area contributed by atoms with Gasteiger partial charge >= 0.3 is 18.2 Å². The molecule has 0 saturated carbocycles. The van der Waals surface area contributed by atoms with Gasteiger partial charge in [-0.3, -0.25) is 14.4 Å². The van der Waals surface area contributed by atoms with E-state index in [1.807, 2.05) is 55.7 Å². The van der Waals surface area contributed by atoms with E-state index in [9.17, 15) is 46.3 Å². The average molecular weight is 906 g/mol. The summed E-state index contributed by atoms with van der Waals surface area (Å²) in [6.07, 6.45) is -1.91. The Hall–Kier alpha value is -5.28. The predicted octanol–water partition coefficient (Wildman–Crippen LogP) is 6.39. The second kappa shape index (κ2) is 26.9. The molecule has 9 N–H and O–H groups in total. The van der Waals surface area contributed by atoms with Crippen LogP contribution in [-0.4, -0.2) is 98.9 Å². The molecule has 0 radical (unpaired) electrons. The van der Waals surface area contributed by atoms with Gasteiger partial charge in [0.05, 0.1) is 11.8 Å². The van der Waals surface area contributed by atoms with E-state index in [-0.39, 0.29) is 36.4 Å². The maximum Gasteiger partial charge on any atom is 0.433 e. The van der Waals surface area contributed by atoms with Crippen LogP contribution < -0.4 is 27.6 Å². The highest BCUT2D eigenvalue weighted by atomic mass is 32.2. The van der Waals surface area contributed by atoms with Gasteiger partial charge in [-0.2, -0.15) is 18.7 Å². The number of nitrogens with zero attached hydrogens (tertiary/aromatic N) is 2. The number of unbranched alkanes of at least 4 members (excludes halogenated alkanes) is 1. The van der Waals surface area contributed by atoms with Crippen molar-refractivity contribution in [1.82, 2.24) is 25.6 Å².